The normalized spacial score (nSPS) is 16.8. The van der Waals surface area contributed by atoms with Crippen LogP contribution in [0.5, 0.6) is 0 Å². The highest BCUT2D eigenvalue weighted by Gasteiger charge is 2.22. The molecule has 20 heavy (non-hydrogen) atoms. The van der Waals surface area contributed by atoms with Crippen molar-refractivity contribution in [3.8, 4) is 0 Å². The Labute approximate surface area is 121 Å². The van der Waals surface area contributed by atoms with Gasteiger partial charge >= 0.3 is 0 Å². The Morgan fingerprint density at radius 1 is 1.40 bits per heavy atom. The number of amides is 1. The summed E-state index contributed by atoms with van der Waals surface area (Å²) in [7, 11) is 2.07. The van der Waals surface area contributed by atoms with Gasteiger partial charge in [-0.1, -0.05) is 11.6 Å². The number of aromatic amines is 1. The summed E-state index contributed by atoms with van der Waals surface area (Å²) < 4.78 is 0. The van der Waals surface area contributed by atoms with Gasteiger partial charge in [0.1, 0.15) is 17.1 Å². The molecule has 0 aromatic carbocycles. The van der Waals surface area contributed by atoms with Crippen molar-refractivity contribution in [2.75, 3.05) is 33.2 Å². The fourth-order valence-corrected chi connectivity index (χ4v) is 2.70. The molecule has 3 heterocycles. The summed E-state index contributed by atoms with van der Waals surface area (Å²) in [4.78, 5) is 27.6. The minimum Gasteiger partial charge on any atom is -0.340 e. The molecular weight excluding hydrogens is 278 g/mol. The molecule has 0 radical (unpaired) electrons. The molecule has 3 rings (SSSR count). The standard InChI is InChI=1S/C13H16ClN5O/c1-18-2-4-19(5-3-18)11(20)6-9-10-7-15-8-16-13(10)17-12(9)14/h7-8H,2-6H2,1H3,(H,15,16,17). The Morgan fingerprint density at radius 2 is 2.15 bits per heavy atom. The van der Waals surface area contributed by atoms with Crippen LogP contribution in [-0.2, 0) is 11.2 Å². The van der Waals surface area contributed by atoms with E-state index in [0.29, 0.717) is 10.8 Å². The molecule has 1 aliphatic rings. The van der Waals surface area contributed by atoms with Gasteiger partial charge in [0.25, 0.3) is 0 Å². The Hall–Kier alpha value is -1.66. The van der Waals surface area contributed by atoms with Gasteiger partial charge in [0.2, 0.25) is 5.91 Å². The lowest BCUT2D eigenvalue weighted by molar-refractivity contribution is -0.132. The summed E-state index contributed by atoms with van der Waals surface area (Å²) in [6.45, 7) is 3.37. The quantitative estimate of drug-likeness (QED) is 0.894. The third-order valence-corrected chi connectivity index (χ3v) is 4.04. The molecule has 0 unspecified atom stereocenters. The van der Waals surface area contributed by atoms with Gasteiger partial charge in [0.15, 0.2) is 0 Å². The molecule has 1 fully saturated rings. The van der Waals surface area contributed by atoms with E-state index in [2.05, 4.69) is 26.9 Å². The van der Waals surface area contributed by atoms with Crippen molar-refractivity contribution in [1.82, 2.24) is 24.8 Å². The number of rotatable bonds is 2. The summed E-state index contributed by atoms with van der Waals surface area (Å²) in [6.07, 6.45) is 3.44. The van der Waals surface area contributed by atoms with Crippen LogP contribution in [0.2, 0.25) is 5.15 Å². The molecule has 7 heteroatoms. The summed E-state index contributed by atoms with van der Waals surface area (Å²) in [5, 5.41) is 1.29. The first-order valence-electron chi connectivity index (χ1n) is 6.57. The second-order valence-electron chi connectivity index (χ2n) is 5.06. The number of carbonyl (C=O) groups excluding carboxylic acids is 1. The number of nitrogens with zero attached hydrogens (tertiary/aromatic N) is 4. The van der Waals surface area contributed by atoms with E-state index in [0.717, 1.165) is 37.1 Å². The van der Waals surface area contributed by atoms with Gasteiger partial charge in [0.05, 0.1) is 6.42 Å². The zero-order valence-electron chi connectivity index (χ0n) is 11.3. The molecular formula is C13H16ClN5O. The molecule has 1 N–H and O–H groups in total. The monoisotopic (exact) mass is 293 g/mol. The van der Waals surface area contributed by atoms with E-state index >= 15 is 0 Å². The third-order valence-electron chi connectivity index (χ3n) is 3.71. The van der Waals surface area contributed by atoms with Gasteiger partial charge in [0, 0.05) is 43.3 Å². The van der Waals surface area contributed by atoms with Crippen molar-refractivity contribution < 1.29 is 4.79 Å². The van der Waals surface area contributed by atoms with E-state index < -0.39 is 0 Å². The van der Waals surface area contributed by atoms with Crippen molar-refractivity contribution in [1.29, 1.82) is 0 Å². The lowest BCUT2D eigenvalue weighted by atomic mass is 10.1. The first kappa shape index (κ1) is 13.3. The Balaban J connectivity index is 1.79. The smallest absolute Gasteiger partial charge is 0.227 e. The van der Waals surface area contributed by atoms with E-state index in [4.69, 9.17) is 11.6 Å². The van der Waals surface area contributed by atoms with E-state index in [1.165, 1.54) is 6.33 Å². The number of halogens is 1. The van der Waals surface area contributed by atoms with Crippen molar-refractivity contribution in [2.45, 2.75) is 6.42 Å². The number of fused-ring (bicyclic) bond motifs is 1. The van der Waals surface area contributed by atoms with Gasteiger partial charge in [-0.15, -0.1) is 0 Å². The topological polar surface area (TPSA) is 65.1 Å². The van der Waals surface area contributed by atoms with Crippen LogP contribution in [0.25, 0.3) is 11.0 Å². The molecule has 1 aliphatic heterocycles. The first-order valence-corrected chi connectivity index (χ1v) is 6.95. The van der Waals surface area contributed by atoms with E-state index in [9.17, 15) is 4.79 Å². The molecule has 0 bridgehead atoms. The second kappa shape index (κ2) is 5.38. The minimum atomic E-state index is 0.102. The number of carbonyl (C=O) groups is 1. The van der Waals surface area contributed by atoms with Crippen molar-refractivity contribution in [2.24, 2.45) is 0 Å². The molecule has 106 valence electrons. The lowest BCUT2D eigenvalue weighted by Crippen LogP contribution is -2.47. The van der Waals surface area contributed by atoms with Crippen LogP contribution in [-0.4, -0.2) is 63.9 Å². The van der Waals surface area contributed by atoms with Gasteiger partial charge in [-0.05, 0) is 7.05 Å². The van der Waals surface area contributed by atoms with Crippen molar-refractivity contribution in [3.63, 3.8) is 0 Å². The predicted octanol–water partition coefficient (Wildman–Crippen LogP) is 0.928. The summed E-state index contributed by atoms with van der Waals surface area (Å²) in [5.41, 5.74) is 1.46. The number of nitrogens with one attached hydrogen (secondary N) is 1. The molecule has 2 aromatic heterocycles. The van der Waals surface area contributed by atoms with Crippen molar-refractivity contribution in [3.05, 3.63) is 23.2 Å². The van der Waals surface area contributed by atoms with Gasteiger partial charge < -0.3 is 14.8 Å². The molecule has 0 spiro atoms. The molecule has 0 atom stereocenters. The Kier molecular flexibility index (Phi) is 3.58. The second-order valence-corrected chi connectivity index (χ2v) is 5.44. The van der Waals surface area contributed by atoms with Crippen LogP contribution < -0.4 is 0 Å². The molecule has 0 saturated carbocycles. The number of aromatic nitrogens is 3. The minimum absolute atomic E-state index is 0.102. The SMILES string of the molecule is CN1CCN(C(=O)Cc2c(Cl)[nH]c3ncncc23)CC1. The zero-order chi connectivity index (χ0) is 14.1. The van der Waals surface area contributed by atoms with Crippen LogP contribution in [0.4, 0.5) is 0 Å². The number of hydrogen-bond donors (Lipinski definition) is 1. The summed E-state index contributed by atoms with van der Waals surface area (Å²) in [5.74, 6) is 0.102. The van der Waals surface area contributed by atoms with Crippen molar-refractivity contribution >= 4 is 28.5 Å². The van der Waals surface area contributed by atoms with E-state index in [1.807, 2.05) is 4.90 Å². The Morgan fingerprint density at radius 3 is 2.90 bits per heavy atom. The Bertz CT molecular complexity index is 633. The van der Waals surface area contributed by atoms with E-state index in [1.54, 1.807) is 6.20 Å². The van der Waals surface area contributed by atoms with Gasteiger partial charge in [-0.2, -0.15) is 0 Å². The third kappa shape index (κ3) is 2.48. The maximum Gasteiger partial charge on any atom is 0.227 e. The summed E-state index contributed by atoms with van der Waals surface area (Å²) >= 11 is 6.17. The predicted molar refractivity (Wildman–Crippen MR) is 76.7 cm³/mol. The lowest BCUT2D eigenvalue weighted by Gasteiger charge is -2.32. The number of H-pyrrole nitrogens is 1. The van der Waals surface area contributed by atoms with Crippen LogP contribution >= 0.6 is 11.6 Å². The molecule has 6 nitrogen and oxygen atoms in total. The molecule has 1 saturated heterocycles. The van der Waals surface area contributed by atoms with Crippen LogP contribution in [0.1, 0.15) is 5.56 Å². The van der Waals surface area contributed by atoms with Crippen LogP contribution in [0, 0.1) is 0 Å². The highest BCUT2D eigenvalue weighted by Crippen LogP contribution is 2.25. The molecule has 0 aliphatic carbocycles. The number of piperazine rings is 1. The van der Waals surface area contributed by atoms with E-state index in [-0.39, 0.29) is 12.3 Å². The maximum atomic E-state index is 12.4. The largest absolute Gasteiger partial charge is 0.340 e. The highest BCUT2D eigenvalue weighted by molar-refractivity contribution is 6.31. The van der Waals surface area contributed by atoms with Crippen LogP contribution in [0.3, 0.4) is 0 Å². The number of likely N-dealkylation sites (N-methyl/N-ethyl adjacent to an activating group) is 1. The molecule has 1 amide bonds. The fraction of sp³-hybridized carbons (Fsp3) is 0.462. The number of hydrogen-bond acceptors (Lipinski definition) is 4. The first-order chi connectivity index (χ1) is 9.65. The summed E-state index contributed by atoms with van der Waals surface area (Å²) in [6, 6.07) is 0. The van der Waals surface area contributed by atoms with Crippen LogP contribution in [0.15, 0.2) is 12.5 Å². The highest BCUT2D eigenvalue weighted by atomic mass is 35.5. The average Bonchev–Trinajstić information content (AvgIpc) is 2.76. The fourth-order valence-electron chi connectivity index (χ4n) is 2.44. The van der Waals surface area contributed by atoms with Gasteiger partial charge in [-0.3, -0.25) is 4.79 Å². The zero-order valence-corrected chi connectivity index (χ0v) is 12.0. The average molecular weight is 294 g/mol. The maximum absolute atomic E-state index is 12.4. The molecule has 2 aromatic rings. The van der Waals surface area contributed by atoms with Gasteiger partial charge in [-0.25, -0.2) is 9.97 Å².